The molecular weight excluding hydrogens is 309 g/mol. The Bertz CT molecular complexity index is 696. The molecule has 3 rings (SSSR count). The second kappa shape index (κ2) is 7.66. The Hall–Kier alpha value is -2.09. The molecule has 1 fully saturated rings. The molecule has 0 radical (unpaired) electrons. The molecule has 1 atom stereocenters. The first-order valence-corrected chi connectivity index (χ1v) is 7.88. The number of aliphatic hydroxyl groups excluding tert-OH is 1. The van der Waals surface area contributed by atoms with E-state index in [4.69, 9.17) is 19.2 Å². The van der Waals surface area contributed by atoms with Crippen molar-refractivity contribution in [1.29, 1.82) is 0 Å². The van der Waals surface area contributed by atoms with Crippen molar-refractivity contribution in [2.24, 2.45) is 0 Å². The SMILES string of the molecule is COc1ccc(-c2cncc([C@H]3COB(O)C3)c2)cc1OCCO. The third kappa shape index (κ3) is 3.69. The van der Waals surface area contributed by atoms with Crippen molar-refractivity contribution in [3.8, 4) is 22.6 Å². The predicted molar refractivity (Wildman–Crippen MR) is 90.3 cm³/mol. The lowest BCUT2D eigenvalue weighted by Crippen LogP contribution is -2.07. The molecule has 1 aromatic heterocycles. The zero-order valence-corrected chi connectivity index (χ0v) is 13.5. The fourth-order valence-corrected chi connectivity index (χ4v) is 2.80. The number of hydrogen-bond acceptors (Lipinski definition) is 6. The molecule has 0 aliphatic carbocycles. The number of aromatic nitrogens is 1. The molecule has 6 nitrogen and oxygen atoms in total. The molecule has 1 aliphatic heterocycles. The summed E-state index contributed by atoms with van der Waals surface area (Å²) in [5, 5.41) is 18.5. The summed E-state index contributed by atoms with van der Waals surface area (Å²) in [5.74, 6) is 1.34. The van der Waals surface area contributed by atoms with Gasteiger partial charge in [0.15, 0.2) is 11.5 Å². The normalized spacial score (nSPS) is 17.1. The Morgan fingerprint density at radius 2 is 2.12 bits per heavy atom. The number of rotatable bonds is 6. The van der Waals surface area contributed by atoms with Gasteiger partial charge >= 0.3 is 7.12 Å². The first-order chi connectivity index (χ1) is 11.7. The lowest BCUT2D eigenvalue weighted by atomic mass is 9.80. The minimum absolute atomic E-state index is 0.0611. The van der Waals surface area contributed by atoms with Crippen LogP contribution in [0.4, 0.5) is 0 Å². The molecule has 0 saturated carbocycles. The van der Waals surface area contributed by atoms with Crippen LogP contribution in [0.15, 0.2) is 36.7 Å². The predicted octanol–water partition coefficient (Wildman–Crippen LogP) is 1.72. The average Bonchev–Trinajstić information content (AvgIpc) is 3.06. The van der Waals surface area contributed by atoms with Gasteiger partial charge in [-0.15, -0.1) is 0 Å². The van der Waals surface area contributed by atoms with E-state index in [9.17, 15) is 5.02 Å². The highest BCUT2D eigenvalue weighted by Gasteiger charge is 2.30. The van der Waals surface area contributed by atoms with E-state index < -0.39 is 7.12 Å². The fraction of sp³-hybridized carbons (Fsp3) is 0.353. The third-order valence-corrected chi connectivity index (χ3v) is 4.05. The number of methoxy groups -OCH3 is 1. The van der Waals surface area contributed by atoms with Crippen LogP contribution in [0.25, 0.3) is 11.1 Å². The molecule has 2 aromatic rings. The molecule has 126 valence electrons. The molecule has 7 heteroatoms. The lowest BCUT2D eigenvalue weighted by molar-refractivity contribution is 0.196. The van der Waals surface area contributed by atoms with E-state index in [2.05, 4.69) is 11.1 Å². The van der Waals surface area contributed by atoms with Gasteiger partial charge in [0.2, 0.25) is 0 Å². The van der Waals surface area contributed by atoms with E-state index in [-0.39, 0.29) is 19.1 Å². The summed E-state index contributed by atoms with van der Waals surface area (Å²) in [6, 6.07) is 7.69. The number of pyridine rings is 1. The second-order valence-corrected chi connectivity index (χ2v) is 5.67. The van der Waals surface area contributed by atoms with Crippen LogP contribution < -0.4 is 9.47 Å². The Morgan fingerprint density at radius 3 is 2.83 bits per heavy atom. The van der Waals surface area contributed by atoms with Gasteiger partial charge in [-0.05, 0) is 35.6 Å². The molecule has 2 N–H and O–H groups in total. The van der Waals surface area contributed by atoms with E-state index in [1.807, 2.05) is 24.4 Å². The van der Waals surface area contributed by atoms with Crippen LogP contribution in [0.5, 0.6) is 11.5 Å². The molecular formula is C17H20BNO5. The molecule has 0 bridgehead atoms. The van der Waals surface area contributed by atoms with Gasteiger partial charge in [0.05, 0.1) is 13.7 Å². The zero-order valence-electron chi connectivity index (χ0n) is 13.5. The summed E-state index contributed by atoms with van der Waals surface area (Å²) < 4.78 is 16.0. The lowest BCUT2D eigenvalue weighted by Gasteiger charge is -2.13. The third-order valence-electron chi connectivity index (χ3n) is 4.05. The number of benzene rings is 1. The van der Waals surface area contributed by atoms with Crippen molar-refractivity contribution in [2.75, 3.05) is 26.9 Å². The summed E-state index contributed by atoms with van der Waals surface area (Å²) in [5.41, 5.74) is 2.93. The van der Waals surface area contributed by atoms with Gasteiger partial charge in [-0.2, -0.15) is 0 Å². The van der Waals surface area contributed by atoms with Crippen LogP contribution in [0.1, 0.15) is 11.5 Å². The minimum Gasteiger partial charge on any atom is -0.493 e. The van der Waals surface area contributed by atoms with Crippen LogP contribution in [-0.4, -0.2) is 49.2 Å². The topological polar surface area (TPSA) is 81.0 Å². The highest BCUT2D eigenvalue weighted by Crippen LogP contribution is 2.34. The first-order valence-electron chi connectivity index (χ1n) is 7.88. The molecule has 0 spiro atoms. The Kier molecular flexibility index (Phi) is 5.35. The Balaban J connectivity index is 1.88. The first kappa shape index (κ1) is 16.8. The van der Waals surface area contributed by atoms with Crippen molar-refractivity contribution < 1.29 is 24.3 Å². The number of ether oxygens (including phenoxy) is 2. The van der Waals surface area contributed by atoms with Crippen molar-refractivity contribution in [3.05, 3.63) is 42.2 Å². The van der Waals surface area contributed by atoms with Crippen LogP contribution in [-0.2, 0) is 4.65 Å². The van der Waals surface area contributed by atoms with Gasteiger partial charge in [0.25, 0.3) is 0 Å². The molecule has 1 aromatic carbocycles. The van der Waals surface area contributed by atoms with Gasteiger partial charge in [0, 0.05) is 30.5 Å². The van der Waals surface area contributed by atoms with Crippen molar-refractivity contribution >= 4 is 7.12 Å². The maximum atomic E-state index is 9.53. The molecule has 0 amide bonds. The highest BCUT2D eigenvalue weighted by molar-refractivity contribution is 6.43. The standard InChI is InChI=1S/C17H20BNO5/c1-22-16-3-2-12(7-17(16)23-5-4-20)13-6-14(10-19-9-13)15-8-18(21)24-11-15/h2-3,6-7,9-10,15,20-21H,4-5,8,11H2,1H3/t15-/m1/s1. The minimum atomic E-state index is -0.696. The van der Waals surface area contributed by atoms with Crippen LogP contribution in [0.2, 0.25) is 6.32 Å². The van der Waals surface area contributed by atoms with E-state index in [0.29, 0.717) is 24.4 Å². The van der Waals surface area contributed by atoms with Gasteiger partial charge in [-0.3, -0.25) is 4.98 Å². The van der Waals surface area contributed by atoms with Crippen LogP contribution >= 0.6 is 0 Å². The van der Waals surface area contributed by atoms with E-state index in [1.54, 1.807) is 13.3 Å². The summed E-state index contributed by atoms with van der Waals surface area (Å²) in [4.78, 5) is 4.32. The molecule has 1 aliphatic rings. The fourth-order valence-electron chi connectivity index (χ4n) is 2.80. The Labute approximate surface area is 141 Å². The molecule has 0 unspecified atom stereocenters. The number of aliphatic hydroxyl groups is 1. The zero-order chi connectivity index (χ0) is 16.9. The van der Waals surface area contributed by atoms with E-state index in [0.717, 1.165) is 16.7 Å². The smallest absolute Gasteiger partial charge is 0.454 e. The number of hydrogen-bond donors (Lipinski definition) is 2. The van der Waals surface area contributed by atoms with E-state index in [1.165, 1.54) is 0 Å². The largest absolute Gasteiger partial charge is 0.493 e. The summed E-state index contributed by atoms with van der Waals surface area (Å²) in [6.07, 6.45) is 4.17. The molecule has 2 heterocycles. The second-order valence-electron chi connectivity index (χ2n) is 5.67. The van der Waals surface area contributed by atoms with Gasteiger partial charge < -0.3 is 24.3 Å². The van der Waals surface area contributed by atoms with Crippen molar-refractivity contribution in [1.82, 2.24) is 4.98 Å². The summed E-state index contributed by atoms with van der Waals surface area (Å²) in [7, 11) is 0.882. The molecule has 1 saturated heterocycles. The average molecular weight is 329 g/mol. The van der Waals surface area contributed by atoms with Crippen molar-refractivity contribution in [3.63, 3.8) is 0 Å². The summed E-state index contributed by atoms with van der Waals surface area (Å²) in [6.45, 7) is 0.642. The van der Waals surface area contributed by atoms with Gasteiger partial charge in [-0.25, -0.2) is 0 Å². The van der Waals surface area contributed by atoms with Gasteiger partial charge in [0.1, 0.15) is 6.61 Å². The maximum Gasteiger partial charge on any atom is 0.454 e. The summed E-state index contributed by atoms with van der Waals surface area (Å²) >= 11 is 0. The molecule has 24 heavy (non-hydrogen) atoms. The van der Waals surface area contributed by atoms with Gasteiger partial charge in [-0.1, -0.05) is 6.07 Å². The quantitative estimate of drug-likeness (QED) is 0.786. The van der Waals surface area contributed by atoms with Crippen LogP contribution in [0.3, 0.4) is 0 Å². The maximum absolute atomic E-state index is 9.53. The van der Waals surface area contributed by atoms with Crippen molar-refractivity contribution in [2.45, 2.75) is 12.2 Å². The highest BCUT2D eigenvalue weighted by atomic mass is 16.5. The Morgan fingerprint density at radius 1 is 1.25 bits per heavy atom. The monoisotopic (exact) mass is 329 g/mol. The van der Waals surface area contributed by atoms with E-state index >= 15 is 0 Å². The number of nitrogens with zero attached hydrogens (tertiary/aromatic N) is 1. The van der Waals surface area contributed by atoms with Crippen LogP contribution in [0, 0.1) is 0 Å².